The fraction of sp³-hybridized carbons (Fsp3) is 0.400. The number of amides is 3. The molecule has 0 aliphatic carbocycles. The van der Waals surface area contributed by atoms with Crippen LogP contribution in [0.15, 0.2) is 24.3 Å². The molecule has 1 aromatic rings. The number of benzene rings is 1. The number of imide groups is 1. The molecule has 0 unspecified atom stereocenters. The van der Waals surface area contributed by atoms with Gasteiger partial charge >= 0.3 is 12.0 Å². The molecule has 1 N–H and O–H groups in total. The van der Waals surface area contributed by atoms with Gasteiger partial charge in [0.2, 0.25) is 5.91 Å². The number of hydrogen-bond acceptors (Lipinski definition) is 4. The Morgan fingerprint density at radius 1 is 1.33 bits per heavy atom. The summed E-state index contributed by atoms with van der Waals surface area (Å²) in [6.07, 6.45) is 0.968. The molecule has 1 fully saturated rings. The number of urea groups is 1. The molecule has 1 heterocycles. The monoisotopic (exact) mass is 290 g/mol. The van der Waals surface area contributed by atoms with Crippen molar-refractivity contribution < 1.29 is 19.1 Å². The normalized spacial score (nSPS) is 14.8. The van der Waals surface area contributed by atoms with Crippen LogP contribution in [0.1, 0.15) is 24.5 Å². The highest BCUT2D eigenvalue weighted by Gasteiger charge is 2.22. The molecule has 6 heteroatoms. The van der Waals surface area contributed by atoms with Gasteiger partial charge in [-0.25, -0.2) is 4.79 Å². The lowest BCUT2D eigenvalue weighted by molar-refractivity contribution is -0.140. The first kappa shape index (κ1) is 15.0. The van der Waals surface area contributed by atoms with Gasteiger partial charge in [-0.3, -0.25) is 14.9 Å². The van der Waals surface area contributed by atoms with E-state index in [4.69, 9.17) is 4.74 Å². The fourth-order valence-electron chi connectivity index (χ4n) is 2.17. The van der Waals surface area contributed by atoms with E-state index in [0.717, 1.165) is 11.1 Å². The number of ether oxygens (including phenoxy) is 1. The van der Waals surface area contributed by atoms with Gasteiger partial charge < -0.3 is 9.64 Å². The highest BCUT2D eigenvalue weighted by atomic mass is 16.5. The number of hydrogen-bond donors (Lipinski definition) is 1. The molecular formula is C15H18N2O4. The summed E-state index contributed by atoms with van der Waals surface area (Å²) in [6, 6.07) is 7.42. The molecule has 1 aliphatic rings. The van der Waals surface area contributed by atoms with Crippen molar-refractivity contribution in [1.82, 2.24) is 10.2 Å². The third-order valence-electron chi connectivity index (χ3n) is 3.20. The third-order valence-corrected chi connectivity index (χ3v) is 3.20. The summed E-state index contributed by atoms with van der Waals surface area (Å²) in [6.45, 7) is 2.62. The van der Waals surface area contributed by atoms with E-state index in [1.165, 1.54) is 6.92 Å². The van der Waals surface area contributed by atoms with E-state index >= 15 is 0 Å². The molecule has 112 valence electrons. The van der Waals surface area contributed by atoms with E-state index in [2.05, 4.69) is 5.32 Å². The number of nitrogens with zero attached hydrogens (tertiary/aromatic N) is 1. The predicted molar refractivity (Wildman–Crippen MR) is 75.3 cm³/mol. The second-order valence-corrected chi connectivity index (χ2v) is 4.93. The number of carbonyl (C=O) groups is 3. The molecule has 0 aromatic heterocycles. The summed E-state index contributed by atoms with van der Waals surface area (Å²) in [4.78, 5) is 35.1. The van der Waals surface area contributed by atoms with Crippen molar-refractivity contribution in [1.29, 1.82) is 0 Å². The molecule has 0 radical (unpaired) electrons. The zero-order valence-electron chi connectivity index (χ0n) is 11.9. The van der Waals surface area contributed by atoms with Crippen molar-refractivity contribution in [2.75, 3.05) is 13.2 Å². The summed E-state index contributed by atoms with van der Waals surface area (Å²) in [7, 11) is 0. The summed E-state index contributed by atoms with van der Waals surface area (Å²) in [5.41, 5.74) is 2.03. The molecule has 0 saturated carbocycles. The molecule has 6 nitrogen and oxygen atoms in total. The summed E-state index contributed by atoms with van der Waals surface area (Å²) < 4.78 is 4.91. The maximum atomic E-state index is 11.7. The van der Waals surface area contributed by atoms with Crippen molar-refractivity contribution >= 4 is 17.9 Å². The van der Waals surface area contributed by atoms with E-state index in [1.807, 2.05) is 24.3 Å². The molecule has 2 rings (SSSR count). The van der Waals surface area contributed by atoms with E-state index in [9.17, 15) is 14.4 Å². The van der Waals surface area contributed by atoms with Gasteiger partial charge in [-0.05, 0) is 11.1 Å². The SMILES string of the molecule is CC(=O)OCCc1cccc(CN2CCC(=O)NC2=O)c1. The molecule has 21 heavy (non-hydrogen) atoms. The number of esters is 1. The molecule has 3 amide bonds. The first-order valence-corrected chi connectivity index (χ1v) is 6.84. The van der Waals surface area contributed by atoms with Crippen LogP contribution >= 0.6 is 0 Å². The van der Waals surface area contributed by atoms with Crippen LogP contribution in [-0.4, -0.2) is 36.0 Å². The lowest BCUT2D eigenvalue weighted by atomic mass is 10.1. The average Bonchev–Trinajstić information content (AvgIpc) is 2.42. The standard InChI is InChI=1S/C15H18N2O4/c1-11(18)21-8-6-12-3-2-4-13(9-12)10-17-7-5-14(19)16-15(17)20/h2-4,9H,5-8,10H2,1H3,(H,16,19,20). The Hall–Kier alpha value is -2.37. The van der Waals surface area contributed by atoms with Gasteiger partial charge in [-0.1, -0.05) is 24.3 Å². The number of carbonyl (C=O) groups excluding carboxylic acids is 3. The van der Waals surface area contributed by atoms with Gasteiger partial charge in [0.1, 0.15) is 0 Å². The van der Waals surface area contributed by atoms with Gasteiger partial charge in [0.05, 0.1) is 6.61 Å². The summed E-state index contributed by atoms with van der Waals surface area (Å²) in [5.74, 6) is -0.521. The Balaban J connectivity index is 1.93. The van der Waals surface area contributed by atoms with Crippen LogP contribution in [0.25, 0.3) is 0 Å². The molecular weight excluding hydrogens is 272 g/mol. The number of nitrogens with one attached hydrogen (secondary N) is 1. The quantitative estimate of drug-likeness (QED) is 0.828. The zero-order chi connectivity index (χ0) is 15.2. The lowest BCUT2D eigenvalue weighted by Crippen LogP contribution is -2.48. The molecule has 1 aromatic carbocycles. The molecule has 1 saturated heterocycles. The van der Waals surface area contributed by atoms with Crippen molar-refractivity contribution in [3.63, 3.8) is 0 Å². The highest BCUT2D eigenvalue weighted by molar-refractivity contribution is 5.96. The Labute approximate surface area is 123 Å². The molecule has 1 aliphatic heterocycles. The highest BCUT2D eigenvalue weighted by Crippen LogP contribution is 2.11. The van der Waals surface area contributed by atoms with E-state index < -0.39 is 0 Å². The first-order valence-electron chi connectivity index (χ1n) is 6.84. The van der Waals surface area contributed by atoms with Crippen LogP contribution in [0.4, 0.5) is 4.79 Å². The van der Waals surface area contributed by atoms with E-state index in [1.54, 1.807) is 4.90 Å². The van der Waals surface area contributed by atoms with E-state index in [0.29, 0.717) is 32.5 Å². The average molecular weight is 290 g/mol. The van der Waals surface area contributed by atoms with Crippen LogP contribution in [0.5, 0.6) is 0 Å². The minimum Gasteiger partial charge on any atom is -0.466 e. The molecule has 0 spiro atoms. The van der Waals surface area contributed by atoms with Crippen molar-refractivity contribution in [2.45, 2.75) is 26.3 Å². The lowest BCUT2D eigenvalue weighted by Gasteiger charge is -2.26. The van der Waals surface area contributed by atoms with Crippen LogP contribution < -0.4 is 5.32 Å². The maximum Gasteiger partial charge on any atom is 0.324 e. The van der Waals surface area contributed by atoms with Gasteiger partial charge in [0, 0.05) is 32.9 Å². The largest absolute Gasteiger partial charge is 0.466 e. The second-order valence-electron chi connectivity index (χ2n) is 4.93. The minimum atomic E-state index is -0.350. The van der Waals surface area contributed by atoms with Gasteiger partial charge in [-0.2, -0.15) is 0 Å². The fourth-order valence-corrected chi connectivity index (χ4v) is 2.17. The van der Waals surface area contributed by atoms with Gasteiger partial charge in [-0.15, -0.1) is 0 Å². The van der Waals surface area contributed by atoms with Crippen LogP contribution in [-0.2, 0) is 27.3 Å². The van der Waals surface area contributed by atoms with Crippen LogP contribution in [0.3, 0.4) is 0 Å². The predicted octanol–water partition coefficient (Wildman–Crippen LogP) is 1.23. The van der Waals surface area contributed by atoms with Crippen LogP contribution in [0, 0.1) is 0 Å². The smallest absolute Gasteiger partial charge is 0.324 e. The summed E-state index contributed by atoms with van der Waals surface area (Å²) in [5, 5.41) is 2.30. The third kappa shape index (κ3) is 4.59. The van der Waals surface area contributed by atoms with Gasteiger partial charge in [0.25, 0.3) is 0 Å². The number of rotatable bonds is 5. The van der Waals surface area contributed by atoms with Gasteiger partial charge in [0.15, 0.2) is 0 Å². The van der Waals surface area contributed by atoms with E-state index in [-0.39, 0.29) is 17.9 Å². The Kier molecular flexibility index (Phi) is 4.92. The molecule has 0 bridgehead atoms. The van der Waals surface area contributed by atoms with Crippen molar-refractivity contribution in [3.8, 4) is 0 Å². The maximum absolute atomic E-state index is 11.7. The zero-order valence-corrected chi connectivity index (χ0v) is 11.9. The Bertz CT molecular complexity index is 556. The van der Waals surface area contributed by atoms with Crippen molar-refractivity contribution in [3.05, 3.63) is 35.4 Å². The van der Waals surface area contributed by atoms with Crippen molar-refractivity contribution in [2.24, 2.45) is 0 Å². The Morgan fingerprint density at radius 3 is 2.81 bits per heavy atom. The van der Waals surface area contributed by atoms with Crippen LogP contribution in [0.2, 0.25) is 0 Å². The minimum absolute atomic E-state index is 0.230. The Morgan fingerprint density at radius 2 is 2.10 bits per heavy atom. The topological polar surface area (TPSA) is 75.7 Å². The second kappa shape index (κ2) is 6.88. The molecule has 0 atom stereocenters. The first-order chi connectivity index (χ1) is 10.0. The summed E-state index contributed by atoms with van der Waals surface area (Å²) >= 11 is 0.